The lowest BCUT2D eigenvalue weighted by molar-refractivity contribution is -0.117. The average molecular weight is 402 g/mol. The first-order chi connectivity index (χ1) is 12.0. The molecule has 0 saturated carbocycles. The van der Waals surface area contributed by atoms with Crippen LogP contribution in [0.3, 0.4) is 0 Å². The highest BCUT2D eigenvalue weighted by Crippen LogP contribution is 2.19. The zero-order valence-electron chi connectivity index (χ0n) is 12.9. The van der Waals surface area contributed by atoms with Gasteiger partial charge in [0.15, 0.2) is 0 Å². The first-order valence-electron chi connectivity index (χ1n) is 7.41. The van der Waals surface area contributed by atoms with Crippen LogP contribution in [0, 0.1) is 5.82 Å². The standard InChI is InChI=1S/C18H13BrFN3O2/c19-12-4-3-5-13(10-12)21-17(24)11-23-18(25)9-8-16(22-23)14-6-1-2-7-15(14)20/h1-10H,11H2,(H,21,24). The quantitative estimate of drug-likeness (QED) is 0.727. The monoisotopic (exact) mass is 401 g/mol. The van der Waals surface area contributed by atoms with E-state index in [2.05, 4.69) is 26.3 Å². The van der Waals surface area contributed by atoms with Crippen molar-refractivity contribution in [3.05, 3.63) is 81.3 Å². The van der Waals surface area contributed by atoms with Crippen molar-refractivity contribution in [1.82, 2.24) is 9.78 Å². The number of amides is 1. The van der Waals surface area contributed by atoms with Crippen LogP contribution in [0.5, 0.6) is 0 Å². The maximum absolute atomic E-state index is 13.9. The molecule has 0 atom stereocenters. The van der Waals surface area contributed by atoms with Gasteiger partial charge in [-0.25, -0.2) is 9.07 Å². The summed E-state index contributed by atoms with van der Waals surface area (Å²) in [5, 5.41) is 6.78. The van der Waals surface area contributed by atoms with Crippen LogP contribution in [-0.4, -0.2) is 15.7 Å². The number of nitrogens with one attached hydrogen (secondary N) is 1. The van der Waals surface area contributed by atoms with Crippen LogP contribution in [0.2, 0.25) is 0 Å². The Kier molecular flexibility index (Phi) is 5.04. The van der Waals surface area contributed by atoms with E-state index in [0.29, 0.717) is 5.69 Å². The van der Waals surface area contributed by atoms with Gasteiger partial charge in [0.2, 0.25) is 5.91 Å². The Morgan fingerprint density at radius 1 is 1.12 bits per heavy atom. The zero-order valence-corrected chi connectivity index (χ0v) is 14.5. The van der Waals surface area contributed by atoms with Crippen molar-refractivity contribution in [3.8, 4) is 11.3 Å². The van der Waals surface area contributed by atoms with Crippen molar-refractivity contribution in [2.45, 2.75) is 6.54 Å². The summed E-state index contributed by atoms with van der Waals surface area (Å²) >= 11 is 3.32. The van der Waals surface area contributed by atoms with Crippen LogP contribution in [0.4, 0.5) is 10.1 Å². The fourth-order valence-corrected chi connectivity index (χ4v) is 2.68. The van der Waals surface area contributed by atoms with Crippen LogP contribution >= 0.6 is 15.9 Å². The predicted molar refractivity (Wildman–Crippen MR) is 96.7 cm³/mol. The summed E-state index contributed by atoms with van der Waals surface area (Å²) < 4.78 is 15.7. The highest BCUT2D eigenvalue weighted by Gasteiger charge is 2.10. The van der Waals surface area contributed by atoms with E-state index in [-0.39, 0.29) is 17.8 Å². The second-order valence-corrected chi connectivity index (χ2v) is 6.17. The molecule has 0 radical (unpaired) electrons. The van der Waals surface area contributed by atoms with Gasteiger partial charge < -0.3 is 5.32 Å². The number of carbonyl (C=O) groups excluding carboxylic acids is 1. The van der Waals surface area contributed by atoms with E-state index in [9.17, 15) is 14.0 Å². The van der Waals surface area contributed by atoms with Gasteiger partial charge in [-0.1, -0.05) is 34.1 Å². The first-order valence-corrected chi connectivity index (χ1v) is 8.21. The van der Waals surface area contributed by atoms with E-state index >= 15 is 0 Å². The third-order valence-corrected chi connectivity index (χ3v) is 3.91. The Morgan fingerprint density at radius 3 is 2.68 bits per heavy atom. The first kappa shape index (κ1) is 17.0. The number of nitrogens with zero attached hydrogens (tertiary/aromatic N) is 2. The smallest absolute Gasteiger partial charge is 0.267 e. The molecule has 1 amide bonds. The van der Waals surface area contributed by atoms with Crippen LogP contribution in [0.25, 0.3) is 11.3 Å². The van der Waals surface area contributed by atoms with Gasteiger partial charge in [-0.3, -0.25) is 9.59 Å². The summed E-state index contributed by atoms with van der Waals surface area (Å²) in [5.74, 6) is -0.850. The molecular formula is C18H13BrFN3O2. The number of aromatic nitrogens is 2. The minimum atomic E-state index is -0.446. The minimum absolute atomic E-state index is 0.267. The zero-order chi connectivity index (χ0) is 17.8. The Labute approximate surface area is 151 Å². The number of hydrogen-bond donors (Lipinski definition) is 1. The van der Waals surface area contributed by atoms with Crippen LogP contribution < -0.4 is 10.9 Å². The van der Waals surface area contributed by atoms with Crippen LogP contribution in [0.1, 0.15) is 0 Å². The summed E-state index contributed by atoms with van der Waals surface area (Å²) in [6, 6.07) is 15.9. The highest BCUT2D eigenvalue weighted by atomic mass is 79.9. The molecule has 0 bridgehead atoms. The van der Waals surface area contributed by atoms with E-state index in [1.54, 1.807) is 36.4 Å². The van der Waals surface area contributed by atoms with Crippen molar-refractivity contribution in [3.63, 3.8) is 0 Å². The lowest BCUT2D eigenvalue weighted by atomic mass is 10.1. The van der Waals surface area contributed by atoms with E-state index in [0.717, 1.165) is 9.15 Å². The van der Waals surface area contributed by atoms with Gasteiger partial charge in [0, 0.05) is 21.8 Å². The molecule has 1 N–H and O–H groups in total. The number of anilines is 1. The Bertz CT molecular complexity index is 988. The lowest BCUT2D eigenvalue weighted by Gasteiger charge is -2.09. The third kappa shape index (κ3) is 4.19. The van der Waals surface area contributed by atoms with Crippen molar-refractivity contribution in [1.29, 1.82) is 0 Å². The maximum atomic E-state index is 13.9. The molecule has 3 aromatic rings. The fourth-order valence-electron chi connectivity index (χ4n) is 2.28. The largest absolute Gasteiger partial charge is 0.324 e. The molecule has 7 heteroatoms. The summed E-state index contributed by atoms with van der Waals surface area (Å²) in [6.45, 7) is -0.270. The fraction of sp³-hybridized carbons (Fsp3) is 0.0556. The molecule has 0 aliphatic carbocycles. The second-order valence-electron chi connectivity index (χ2n) is 5.25. The van der Waals surface area contributed by atoms with Gasteiger partial charge in [-0.2, -0.15) is 5.10 Å². The Balaban J connectivity index is 1.83. The van der Waals surface area contributed by atoms with Gasteiger partial charge >= 0.3 is 0 Å². The van der Waals surface area contributed by atoms with Gasteiger partial charge in [-0.05, 0) is 36.4 Å². The van der Waals surface area contributed by atoms with Crippen LogP contribution in [0.15, 0.2) is 69.9 Å². The van der Waals surface area contributed by atoms with E-state index in [4.69, 9.17) is 0 Å². The Morgan fingerprint density at radius 2 is 1.92 bits per heavy atom. The second kappa shape index (κ2) is 7.40. The minimum Gasteiger partial charge on any atom is -0.324 e. The van der Waals surface area contributed by atoms with E-state index < -0.39 is 17.3 Å². The molecule has 126 valence electrons. The molecule has 2 aromatic carbocycles. The van der Waals surface area contributed by atoms with Crippen molar-refractivity contribution in [2.75, 3.05) is 5.32 Å². The molecule has 0 saturated heterocycles. The molecule has 3 rings (SSSR count). The average Bonchev–Trinajstić information content (AvgIpc) is 2.57. The number of hydrogen-bond acceptors (Lipinski definition) is 3. The summed E-state index contributed by atoms with van der Waals surface area (Å²) in [7, 11) is 0. The lowest BCUT2D eigenvalue weighted by Crippen LogP contribution is -2.29. The molecule has 0 aliphatic rings. The molecule has 0 fully saturated rings. The van der Waals surface area contributed by atoms with Crippen LogP contribution in [-0.2, 0) is 11.3 Å². The summed E-state index contributed by atoms with van der Waals surface area (Å²) in [4.78, 5) is 24.1. The predicted octanol–water partition coefficient (Wildman–Crippen LogP) is 3.45. The molecule has 0 aliphatic heterocycles. The molecule has 1 heterocycles. The van der Waals surface area contributed by atoms with Gasteiger partial charge in [-0.15, -0.1) is 0 Å². The topological polar surface area (TPSA) is 64.0 Å². The SMILES string of the molecule is O=C(Cn1nc(-c2ccccc2F)ccc1=O)Nc1cccc(Br)c1. The highest BCUT2D eigenvalue weighted by molar-refractivity contribution is 9.10. The number of benzene rings is 2. The van der Waals surface area contributed by atoms with Crippen molar-refractivity contribution in [2.24, 2.45) is 0 Å². The van der Waals surface area contributed by atoms with Gasteiger partial charge in [0.05, 0.1) is 5.69 Å². The molecular weight excluding hydrogens is 389 g/mol. The van der Waals surface area contributed by atoms with Gasteiger partial charge in [0.1, 0.15) is 12.4 Å². The summed E-state index contributed by atoms with van der Waals surface area (Å²) in [5.41, 5.74) is 0.707. The van der Waals surface area contributed by atoms with E-state index in [1.807, 2.05) is 6.07 Å². The van der Waals surface area contributed by atoms with Gasteiger partial charge in [0.25, 0.3) is 5.56 Å². The number of carbonyl (C=O) groups is 1. The third-order valence-electron chi connectivity index (χ3n) is 3.42. The molecule has 25 heavy (non-hydrogen) atoms. The molecule has 5 nitrogen and oxygen atoms in total. The normalized spacial score (nSPS) is 10.5. The summed E-state index contributed by atoms with van der Waals surface area (Å²) in [6.07, 6.45) is 0. The Hall–Kier alpha value is -2.80. The van der Waals surface area contributed by atoms with Crippen molar-refractivity contribution >= 4 is 27.5 Å². The maximum Gasteiger partial charge on any atom is 0.267 e. The molecule has 0 spiro atoms. The number of halogens is 2. The van der Waals surface area contributed by atoms with Crippen molar-refractivity contribution < 1.29 is 9.18 Å². The number of rotatable bonds is 4. The molecule has 1 aromatic heterocycles. The van der Waals surface area contributed by atoms with E-state index in [1.165, 1.54) is 18.2 Å². The molecule has 0 unspecified atom stereocenters.